The van der Waals surface area contributed by atoms with Crippen molar-refractivity contribution in [2.45, 2.75) is 119 Å². The zero-order chi connectivity index (χ0) is 25.3. The van der Waals surface area contributed by atoms with Crippen LogP contribution in [0.15, 0.2) is 11.6 Å². The average Bonchev–Trinajstić information content (AvgIpc) is 2.75. The van der Waals surface area contributed by atoms with E-state index in [2.05, 4.69) is 41.5 Å². The summed E-state index contributed by atoms with van der Waals surface area (Å²) in [6, 6.07) is 0. The van der Waals surface area contributed by atoms with Crippen LogP contribution in [0.5, 0.6) is 0 Å². The second kappa shape index (κ2) is 8.18. The lowest BCUT2D eigenvalue weighted by atomic mass is 9.37. The van der Waals surface area contributed by atoms with Gasteiger partial charge in [0.2, 0.25) is 0 Å². The Hall–Kier alpha value is -1.16. The summed E-state index contributed by atoms with van der Waals surface area (Å²) in [5, 5.41) is 20.7. The van der Waals surface area contributed by atoms with E-state index in [9.17, 15) is 19.8 Å². The molecule has 0 aliphatic heterocycles. The summed E-state index contributed by atoms with van der Waals surface area (Å²) in [5.74, 6) is 0.135. The molecule has 4 nitrogen and oxygen atoms in total. The average molecular weight is 473 g/mol. The van der Waals surface area contributed by atoms with Crippen LogP contribution in [0.2, 0.25) is 0 Å². The molecule has 3 saturated carbocycles. The van der Waals surface area contributed by atoms with Crippen LogP contribution in [0.25, 0.3) is 0 Å². The largest absolute Gasteiger partial charge is 0.481 e. The topological polar surface area (TPSA) is 74.6 Å². The quantitative estimate of drug-likeness (QED) is 0.440. The standard InChI is InChI=1S/C30H48O4/c1-19-21-9-13-30(7)24(28(21,5)12-10-22(19)31)23(32)18-20-8-11-27(4,25(33)34)16-14-26(2,3)15-17-29(20,30)6/h18-19,21-22,24,31H,8-17H2,1-7H3,(H,33,34). The van der Waals surface area contributed by atoms with Gasteiger partial charge in [0.25, 0.3) is 0 Å². The number of fused-ring (bicyclic) bond motifs is 5. The molecule has 8 unspecified atom stereocenters. The lowest BCUT2D eigenvalue weighted by Crippen LogP contribution is -2.63. The second-order valence-electron chi connectivity index (χ2n) is 14.4. The first kappa shape index (κ1) is 25.9. The molecule has 8 atom stereocenters. The third-order valence-electron chi connectivity index (χ3n) is 12.0. The van der Waals surface area contributed by atoms with Crippen molar-refractivity contribution in [2.24, 2.45) is 44.8 Å². The van der Waals surface area contributed by atoms with Gasteiger partial charge in [-0.05, 0) is 111 Å². The van der Waals surface area contributed by atoms with Gasteiger partial charge < -0.3 is 10.2 Å². The van der Waals surface area contributed by atoms with Crippen LogP contribution in [0.4, 0.5) is 0 Å². The summed E-state index contributed by atoms with van der Waals surface area (Å²) in [5.41, 5.74) is 0.167. The number of carbonyl (C=O) groups excluding carboxylic acids is 1. The molecule has 0 heterocycles. The van der Waals surface area contributed by atoms with Gasteiger partial charge in [-0.15, -0.1) is 0 Å². The molecule has 4 rings (SSSR count). The molecule has 192 valence electrons. The number of hydrogen-bond acceptors (Lipinski definition) is 3. The lowest BCUT2D eigenvalue weighted by Gasteiger charge is -2.66. The van der Waals surface area contributed by atoms with Gasteiger partial charge in [-0.25, -0.2) is 0 Å². The molecule has 0 aromatic rings. The van der Waals surface area contributed by atoms with Gasteiger partial charge in [-0.1, -0.05) is 47.1 Å². The third kappa shape index (κ3) is 3.73. The lowest BCUT2D eigenvalue weighted by molar-refractivity contribution is -0.178. The summed E-state index contributed by atoms with van der Waals surface area (Å²) in [7, 11) is 0. The zero-order valence-electron chi connectivity index (χ0n) is 22.7. The van der Waals surface area contributed by atoms with Crippen molar-refractivity contribution in [3.63, 3.8) is 0 Å². The summed E-state index contributed by atoms with van der Waals surface area (Å²) in [6.07, 6.45) is 10.5. The maximum absolute atomic E-state index is 14.0. The van der Waals surface area contributed by atoms with Crippen molar-refractivity contribution in [1.29, 1.82) is 0 Å². The highest BCUT2D eigenvalue weighted by molar-refractivity contribution is 5.95. The third-order valence-corrected chi connectivity index (χ3v) is 12.0. The van der Waals surface area contributed by atoms with Gasteiger partial charge in [0.05, 0.1) is 11.5 Å². The second-order valence-corrected chi connectivity index (χ2v) is 14.4. The number of ketones is 1. The Kier molecular flexibility index (Phi) is 6.24. The van der Waals surface area contributed by atoms with Crippen LogP contribution in [0.3, 0.4) is 0 Å². The van der Waals surface area contributed by atoms with Gasteiger partial charge >= 0.3 is 5.97 Å². The zero-order valence-corrected chi connectivity index (χ0v) is 22.7. The van der Waals surface area contributed by atoms with Crippen LogP contribution < -0.4 is 0 Å². The number of rotatable bonds is 1. The van der Waals surface area contributed by atoms with E-state index in [4.69, 9.17) is 0 Å². The van der Waals surface area contributed by atoms with E-state index in [0.29, 0.717) is 25.2 Å². The monoisotopic (exact) mass is 472 g/mol. The SMILES string of the molecule is CC1C(O)CCC2(C)C1CCC1(C)C2C(=O)C=C2CCC(C)(C(=O)O)CCC(C)(C)CCC21C. The number of carbonyl (C=O) groups is 2. The van der Waals surface area contributed by atoms with Crippen molar-refractivity contribution in [3.8, 4) is 0 Å². The van der Waals surface area contributed by atoms with E-state index < -0.39 is 11.4 Å². The van der Waals surface area contributed by atoms with Crippen LogP contribution in [-0.2, 0) is 9.59 Å². The van der Waals surface area contributed by atoms with Crippen molar-refractivity contribution in [1.82, 2.24) is 0 Å². The molecule has 4 aliphatic carbocycles. The Labute approximate surface area is 207 Å². The molecule has 0 saturated heterocycles. The van der Waals surface area contributed by atoms with E-state index in [1.165, 1.54) is 5.57 Å². The molecule has 0 bridgehead atoms. The van der Waals surface area contributed by atoms with Gasteiger partial charge in [-0.3, -0.25) is 9.59 Å². The Morgan fingerprint density at radius 1 is 0.912 bits per heavy atom. The van der Waals surface area contributed by atoms with Crippen molar-refractivity contribution < 1.29 is 19.8 Å². The summed E-state index contributed by atoms with van der Waals surface area (Å²) in [6.45, 7) is 15.8. The fourth-order valence-electron chi connectivity index (χ4n) is 8.94. The Morgan fingerprint density at radius 3 is 2.21 bits per heavy atom. The van der Waals surface area contributed by atoms with Crippen molar-refractivity contribution in [3.05, 3.63) is 11.6 Å². The fourth-order valence-corrected chi connectivity index (χ4v) is 8.94. The normalized spacial score (nSPS) is 49.2. The van der Waals surface area contributed by atoms with Gasteiger partial charge in [0.1, 0.15) is 0 Å². The van der Waals surface area contributed by atoms with E-state index in [0.717, 1.165) is 44.9 Å². The molecule has 2 N–H and O–H groups in total. The predicted octanol–water partition coefficient (Wildman–Crippen LogP) is 6.80. The van der Waals surface area contributed by atoms with Crippen LogP contribution in [0, 0.1) is 44.8 Å². The molecule has 0 radical (unpaired) electrons. The Balaban J connectivity index is 1.81. The van der Waals surface area contributed by atoms with Crippen molar-refractivity contribution >= 4 is 11.8 Å². The first-order valence-corrected chi connectivity index (χ1v) is 13.8. The minimum absolute atomic E-state index is 0.0284. The summed E-state index contributed by atoms with van der Waals surface area (Å²) >= 11 is 0. The van der Waals surface area contributed by atoms with E-state index in [-0.39, 0.29) is 45.4 Å². The first-order valence-electron chi connectivity index (χ1n) is 13.8. The Bertz CT molecular complexity index is 888. The minimum Gasteiger partial charge on any atom is -0.481 e. The molecule has 4 heteroatoms. The number of carboxylic acids is 1. The van der Waals surface area contributed by atoms with Gasteiger partial charge in [0.15, 0.2) is 5.78 Å². The molecule has 0 aromatic heterocycles. The van der Waals surface area contributed by atoms with E-state index in [1.54, 1.807) is 0 Å². The van der Waals surface area contributed by atoms with Crippen molar-refractivity contribution in [2.75, 3.05) is 0 Å². The number of aliphatic hydroxyl groups is 1. The molecular formula is C30H48O4. The first-order chi connectivity index (χ1) is 15.6. The summed E-state index contributed by atoms with van der Waals surface area (Å²) in [4.78, 5) is 26.3. The molecule has 4 aliphatic rings. The predicted molar refractivity (Wildman–Crippen MR) is 135 cm³/mol. The highest BCUT2D eigenvalue weighted by atomic mass is 16.4. The smallest absolute Gasteiger partial charge is 0.309 e. The maximum Gasteiger partial charge on any atom is 0.309 e. The number of aliphatic hydroxyl groups excluding tert-OH is 1. The molecular weight excluding hydrogens is 424 g/mol. The van der Waals surface area contributed by atoms with E-state index in [1.807, 2.05) is 13.0 Å². The minimum atomic E-state index is -0.754. The Morgan fingerprint density at radius 2 is 1.56 bits per heavy atom. The van der Waals surface area contributed by atoms with E-state index >= 15 is 0 Å². The van der Waals surface area contributed by atoms with Crippen LogP contribution >= 0.6 is 0 Å². The maximum atomic E-state index is 14.0. The highest BCUT2D eigenvalue weighted by Crippen LogP contribution is 2.70. The van der Waals surface area contributed by atoms with Gasteiger partial charge in [-0.2, -0.15) is 0 Å². The number of hydrogen-bond donors (Lipinski definition) is 2. The number of carboxylic acid groups (broad SMARTS) is 1. The molecule has 34 heavy (non-hydrogen) atoms. The molecule has 3 fully saturated rings. The number of allylic oxidation sites excluding steroid dienone is 2. The highest BCUT2D eigenvalue weighted by Gasteiger charge is 2.66. The van der Waals surface area contributed by atoms with Gasteiger partial charge in [0, 0.05) is 5.92 Å². The van der Waals surface area contributed by atoms with Crippen LogP contribution in [0.1, 0.15) is 113 Å². The number of aliphatic carboxylic acids is 1. The van der Waals surface area contributed by atoms with Crippen LogP contribution in [-0.4, -0.2) is 28.1 Å². The molecule has 0 spiro atoms. The molecule has 0 aromatic carbocycles. The molecule has 0 amide bonds. The summed E-state index contributed by atoms with van der Waals surface area (Å²) < 4.78 is 0. The fraction of sp³-hybridized carbons (Fsp3) is 0.867.